The summed E-state index contributed by atoms with van der Waals surface area (Å²) < 4.78 is 4.82. The molecule has 0 spiro atoms. The van der Waals surface area contributed by atoms with Crippen LogP contribution in [0.15, 0.2) is 0 Å². The van der Waals surface area contributed by atoms with Gasteiger partial charge in [-0.15, -0.1) is 0 Å². The maximum Gasteiger partial charge on any atom is 0.0215 e. The largest absolute Gasteiger partial charge is 0.0654 e. The third kappa shape index (κ3) is 13.5. The first-order valence-corrected chi connectivity index (χ1v) is 17.5. The Hall–Kier alpha value is 1.41. The lowest BCUT2D eigenvalue weighted by Gasteiger charge is -2.20. The molecule has 1 aromatic rings. The van der Waals surface area contributed by atoms with E-state index in [0.29, 0.717) is 0 Å². The van der Waals surface area contributed by atoms with Gasteiger partial charge in [-0.2, -0.15) is 0 Å². The van der Waals surface area contributed by atoms with Crippen LogP contribution in [0, 0.1) is 10.7 Å². The van der Waals surface area contributed by atoms with E-state index in [4.69, 9.17) is 0 Å². The Bertz CT molecular complexity index is 517. The summed E-state index contributed by atoms with van der Waals surface area (Å²) in [5.41, 5.74) is 5.07. The molecule has 0 aromatic heterocycles. The minimum Gasteiger partial charge on any atom is -0.0654 e. The Labute approximate surface area is 248 Å². The number of rotatable bonds is 21. The van der Waals surface area contributed by atoms with E-state index in [2.05, 4.69) is 88.5 Å². The molecule has 33 heavy (non-hydrogen) atoms. The Morgan fingerprint density at radius 1 is 0.333 bits per heavy atom. The van der Waals surface area contributed by atoms with Crippen LogP contribution in [-0.2, 0) is 19.3 Å². The van der Waals surface area contributed by atoms with Crippen molar-refractivity contribution in [1.29, 1.82) is 0 Å². The number of benzene rings is 1. The van der Waals surface area contributed by atoms with Gasteiger partial charge >= 0.3 is 0 Å². The van der Waals surface area contributed by atoms with Crippen molar-refractivity contribution in [2.75, 3.05) is 0 Å². The standard InChI is InChI=1S/C30H51I3/c1-4-7-10-13-16-19-22-25-28(31)26(23-20-17-14-11-8-5-2)30(33)27(29(25)32)24-21-18-15-12-9-6-3/h4-24H2,1-3H3. The van der Waals surface area contributed by atoms with Gasteiger partial charge in [-0.1, -0.05) is 117 Å². The molecular formula is C30H51I3. The average molecular weight is 792 g/mol. The second-order valence-corrected chi connectivity index (χ2v) is 13.2. The van der Waals surface area contributed by atoms with Crippen LogP contribution in [0.2, 0.25) is 0 Å². The van der Waals surface area contributed by atoms with Crippen molar-refractivity contribution < 1.29 is 0 Å². The highest BCUT2D eigenvalue weighted by atomic mass is 127. The van der Waals surface area contributed by atoms with E-state index < -0.39 is 0 Å². The lowest BCUT2D eigenvalue weighted by atomic mass is 9.95. The van der Waals surface area contributed by atoms with Crippen LogP contribution in [-0.4, -0.2) is 0 Å². The third-order valence-corrected chi connectivity index (χ3v) is 10.8. The van der Waals surface area contributed by atoms with E-state index in [-0.39, 0.29) is 0 Å². The number of unbranched alkanes of at least 4 members (excludes halogenated alkanes) is 15. The fourth-order valence-corrected chi connectivity index (χ4v) is 9.52. The lowest BCUT2D eigenvalue weighted by Crippen LogP contribution is -2.09. The van der Waals surface area contributed by atoms with Crippen LogP contribution < -0.4 is 0 Å². The molecule has 0 aliphatic rings. The smallest absolute Gasteiger partial charge is 0.0215 e. The van der Waals surface area contributed by atoms with Crippen molar-refractivity contribution in [3.8, 4) is 0 Å². The molecule has 0 atom stereocenters. The van der Waals surface area contributed by atoms with Gasteiger partial charge in [0.15, 0.2) is 0 Å². The summed E-state index contributed by atoms with van der Waals surface area (Å²) in [6, 6.07) is 0. The molecule has 0 aliphatic heterocycles. The predicted octanol–water partition coefficient (Wildman–Crippen LogP) is 12.2. The van der Waals surface area contributed by atoms with Crippen molar-refractivity contribution in [3.05, 3.63) is 27.4 Å². The summed E-state index contributed by atoms with van der Waals surface area (Å²) in [5, 5.41) is 0. The minimum atomic E-state index is 1.28. The highest BCUT2D eigenvalue weighted by molar-refractivity contribution is 14.1. The topological polar surface area (TPSA) is 0 Å². The summed E-state index contributed by atoms with van der Waals surface area (Å²) in [7, 11) is 0. The van der Waals surface area contributed by atoms with Crippen LogP contribution in [0.25, 0.3) is 0 Å². The van der Waals surface area contributed by atoms with Crippen LogP contribution in [0.5, 0.6) is 0 Å². The van der Waals surface area contributed by atoms with Crippen molar-refractivity contribution in [2.45, 2.75) is 156 Å². The average Bonchev–Trinajstić information content (AvgIpc) is 2.81. The summed E-state index contributed by atoms with van der Waals surface area (Å²) in [6.07, 6.45) is 28.9. The van der Waals surface area contributed by atoms with Crippen molar-refractivity contribution in [2.24, 2.45) is 0 Å². The van der Waals surface area contributed by atoms with Crippen molar-refractivity contribution in [3.63, 3.8) is 0 Å². The van der Waals surface area contributed by atoms with E-state index in [0.717, 1.165) is 0 Å². The van der Waals surface area contributed by atoms with Crippen LogP contribution in [0.4, 0.5) is 0 Å². The first-order chi connectivity index (χ1) is 16.1. The fourth-order valence-electron chi connectivity index (χ4n) is 4.74. The second-order valence-electron chi connectivity index (χ2n) is 9.93. The van der Waals surface area contributed by atoms with Crippen LogP contribution >= 0.6 is 67.8 Å². The van der Waals surface area contributed by atoms with Gasteiger partial charge in [0.25, 0.3) is 0 Å². The Balaban J connectivity index is 2.85. The minimum absolute atomic E-state index is 1.28. The van der Waals surface area contributed by atoms with Gasteiger partial charge in [-0.3, -0.25) is 0 Å². The molecule has 1 aromatic carbocycles. The Morgan fingerprint density at radius 3 is 0.788 bits per heavy atom. The van der Waals surface area contributed by atoms with Gasteiger partial charge in [-0.05, 0) is 123 Å². The van der Waals surface area contributed by atoms with Gasteiger partial charge < -0.3 is 0 Å². The molecule has 0 fully saturated rings. The third-order valence-electron chi connectivity index (χ3n) is 6.93. The first-order valence-electron chi connectivity index (χ1n) is 14.2. The predicted molar refractivity (Wildman–Crippen MR) is 176 cm³/mol. The zero-order valence-electron chi connectivity index (χ0n) is 22.0. The van der Waals surface area contributed by atoms with Crippen LogP contribution in [0.3, 0.4) is 0 Å². The molecule has 0 amide bonds. The number of hydrogen-bond acceptors (Lipinski definition) is 0. The summed E-state index contributed by atoms with van der Waals surface area (Å²) in [6.45, 7) is 6.94. The molecule has 0 unspecified atom stereocenters. The Morgan fingerprint density at radius 2 is 0.545 bits per heavy atom. The SMILES string of the molecule is CCCCCCCCc1c(I)c(CCCCCCCC)c(I)c(CCCCCCCC)c1I. The van der Waals surface area contributed by atoms with Crippen molar-refractivity contribution in [1.82, 2.24) is 0 Å². The number of hydrogen-bond donors (Lipinski definition) is 0. The highest BCUT2D eigenvalue weighted by Crippen LogP contribution is 2.35. The number of halogens is 3. The van der Waals surface area contributed by atoms with Gasteiger partial charge in [0.1, 0.15) is 0 Å². The molecule has 0 radical (unpaired) electrons. The van der Waals surface area contributed by atoms with Gasteiger partial charge in [0.05, 0.1) is 0 Å². The quantitative estimate of drug-likeness (QED) is 0.0859. The van der Waals surface area contributed by atoms with E-state index in [9.17, 15) is 0 Å². The monoisotopic (exact) mass is 792 g/mol. The summed E-state index contributed by atoms with van der Waals surface area (Å²) >= 11 is 8.13. The molecule has 0 N–H and O–H groups in total. The highest BCUT2D eigenvalue weighted by Gasteiger charge is 2.19. The summed E-state index contributed by atoms with van der Waals surface area (Å²) in [5.74, 6) is 0. The lowest BCUT2D eigenvalue weighted by molar-refractivity contribution is 0.599. The molecule has 3 heteroatoms. The molecule has 0 nitrogen and oxygen atoms in total. The van der Waals surface area contributed by atoms with E-state index >= 15 is 0 Å². The zero-order valence-corrected chi connectivity index (χ0v) is 28.5. The summed E-state index contributed by atoms with van der Waals surface area (Å²) in [4.78, 5) is 0. The maximum absolute atomic E-state index is 2.71. The van der Waals surface area contributed by atoms with Gasteiger partial charge in [-0.25, -0.2) is 0 Å². The molecule has 0 aliphatic carbocycles. The fraction of sp³-hybridized carbons (Fsp3) is 0.800. The second kappa shape index (κ2) is 21.5. The van der Waals surface area contributed by atoms with E-state index in [1.165, 1.54) is 135 Å². The molecule has 0 heterocycles. The van der Waals surface area contributed by atoms with Gasteiger partial charge in [0.2, 0.25) is 0 Å². The Kier molecular flexibility index (Phi) is 21.1. The molecule has 192 valence electrons. The van der Waals surface area contributed by atoms with E-state index in [1.807, 2.05) is 0 Å². The molecular weight excluding hydrogens is 741 g/mol. The maximum atomic E-state index is 2.71. The first kappa shape index (κ1) is 32.4. The van der Waals surface area contributed by atoms with Crippen molar-refractivity contribution >= 4 is 67.8 Å². The molecule has 1 rings (SSSR count). The van der Waals surface area contributed by atoms with Gasteiger partial charge in [0, 0.05) is 10.7 Å². The molecule has 0 saturated carbocycles. The van der Waals surface area contributed by atoms with Crippen LogP contribution in [0.1, 0.15) is 153 Å². The zero-order chi connectivity index (χ0) is 24.3. The molecule has 0 bridgehead atoms. The normalized spacial score (nSPS) is 11.5. The van der Waals surface area contributed by atoms with E-state index in [1.54, 1.807) is 27.4 Å². The molecule has 0 saturated heterocycles.